The number of carbonyl (C=O) groups is 1. The number of amides is 1. The van der Waals surface area contributed by atoms with Crippen LogP contribution in [0.4, 0.5) is 11.5 Å². The lowest BCUT2D eigenvalue weighted by atomic mass is 10.2. The highest BCUT2D eigenvalue weighted by Crippen LogP contribution is 2.30. The van der Waals surface area contributed by atoms with Gasteiger partial charge in [-0.1, -0.05) is 0 Å². The Hall–Kier alpha value is -3.74. The SMILES string of the molecule is CCn1c(-c2cc(NC(=O)c3ccc(N(C)C)cc3)n[nH]2)cc2ccc(OC)cc21. The van der Waals surface area contributed by atoms with Crippen molar-refractivity contribution in [2.24, 2.45) is 0 Å². The minimum absolute atomic E-state index is 0.195. The minimum Gasteiger partial charge on any atom is -0.497 e. The predicted molar refractivity (Wildman–Crippen MR) is 120 cm³/mol. The number of ether oxygens (including phenoxy) is 1. The quantitative estimate of drug-likeness (QED) is 0.501. The zero-order valence-corrected chi connectivity index (χ0v) is 17.6. The second-order valence-corrected chi connectivity index (χ2v) is 7.26. The fourth-order valence-corrected chi connectivity index (χ4v) is 3.54. The van der Waals surface area contributed by atoms with E-state index >= 15 is 0 Å². The number of rotatable bonds is 6. The van der Waals surface area contributed by atoms with Crippen molar-refractivity contribution < 1.29 is 9.53 Å². The van der Waals surface area contributed by atoms with Crippen molar-refractivity contribution in [3.63, 3.8) is 0 Å². The van der Waals surface area contributed by atoms with Gasteiger partial charge in [-0.2, -0.15) is 5.10 Å². The molecule has 0 bridgehead atoms. The number of carbonyl (C=O) groups excluding carboxylic acids is 1. The van der Waals surface area contributed by atoms with Crippen LogP contribution >= 0.6 is 0 Å². The molecule has 0 aliphatic heterocycles. The molecule has 0 fully saturated rings. The highest BCUT2D eigenvalue weighted by atomic mass is 16.5. The minimum atomic E-state index is -0.195. The summed E-state index contributed by atoms with van der Waals surface area (Å²) in [7, 11) is 5.59. The van der Waals surface area contributed by atoms with E-state index in [4.69, 9.17) is 4.74 Å². The van der Waals surface area contributed by atoms with Crippen molar-refractivity contribution in [3.05, 3.63) is 60.2 Å². The third-order valence-corrected chi connectivity index (χ3v) is 5.17. The van der Waals surface area contributed by atoms with Crippen LogP contribution in [0.2, 0.25) is 0 Å². The smallest absolute Gasteiger partial charge is 0.256 e. The average Bonchev–Trinajstić information content (AvgIpc) is 3.37. The normalized spacial score (nSPS) is 10.9. The van der Waals surface area contributed by atoms with Crippen molar-refractivity contribution in [1.29, 1.82) is 0 Å². The number of H-pyrrole nitrogens is 1. The number of aromatic amines is 1. The molecule has 0 unspecified atom stereocenters. The Morgan fingerprint density at radius 1 is 1.13 bits per heavy atom. The van der Waals surface area contributed by atoms with Crippen LogP contribution in [0.1, 0.15) is 17.3 Å². The number of aryl methyl sites for hydroxylation is 1. The van der Waals surface area contributed by atoms with Crippen molar-refractivity contribution in [1.82, 2.24) is 14.8 Å². The summed E-state index contributed by atoms with van der Waals surface area (Å²) < 4.78 is 7.55. The van der Waals surface area contributed by atoms with Crippen LogP contribution in [0.5, 0.6) is 5.75 Å². The highest BCUT2D eigenvalue weighted by Gasteiger charge is 2.14. The number of fused-ring (bicyclic) bond motifs is 1. The highest BCUT2D eigenvalue weighted by molar-refractivity contribution is 6.04. The topological polar surface area (TPSA) is 75.2 Å². The summed E-state index contributed by atoms with van der Waals surface area (Å²) in [4.78, 5) is 14.6. The van der Waals surface area contributed by atoms with Gasteiger partial charge < -0.3 is 19.5 Å². The van der Waals surface area contributed by atoms with Gasteiger partial charge in [0.1, 0.15) is 5.75 Å². The van der Waals surface area contributed by atoms with Gasteiger partial charge in [-0.05, 0) is 49.4 Å². The summed E-state index contributed by atoms with van der Waals surface area (Å²) >= 11 is 0. The van der Waals surface area contributed by atoms with Gasteiger partial charge in [0.2, 0.25) is 0 Å². The van der Waals surface area contributed by atoms with Crippen LogP contribution < -0.4 is 15.0 Å². The molecule has 2 aromatic carbocycles. The standard InChI is InChI=1S/C23H25N5O2/c1-5-28-20-13-18(30-4)11-8-16(20)12-21(28)19-14-22(26-25-19)24-23(29)15-6-9-17(10-7-15)27(2)3/h6-14H,5H2,1-4H3,(H2,24,25,26,29). The van der Waals surface area contributed by atoms with Gasteiger partial charge in [0.15, 0.2) is 5.82 Å². The number of aromatic nitrogens is 3. The molecule has 0 spiro atoms. The maximum absolute atomic E-state index is 12.6. The van der Waals surface area contributed by atoms with Gasteiger partial charge in [-0.15, -0.1) is 0 Å². The first kappa shape index (κ1) is 19.6. The molecule has 2 aromatic heterocycles. The van der Waals surface area contributed by atoms with Gasteiger partial charge in [-0.3, -0.25) is 9.89 Å². The van der Waals surface area contributed by atoms with E-state index < -0.39 is 0 Å². The number of nitrogens with zero attached hydrogens (tertiary/aromatic N) is 3. The summed E-state index contributed by atoms with van der Waals surface area (Å²) in [6.07, 6.45) is 0. The summed E-state index contributed by atoms with van der Waals surface area (Å²) in [5.41, 5.74) is 4.56. The first-order chi connectivity index (χ1) is 14.5. The summed E-state index contributed by atoms with van der Waals surface area (Å²) in [5.74, 6) is 1.11. The monoisotopic (exact) mass is 403 g/mol. The van der Waals surface area contributed by atoms with E-state index in [0.29, 0.717) is 11.4 Å². The number of anilines is 2. The Labute approximate surface area is 175 Å². The molecule has 7 nitrogen and oxygen atoms in total. The van der Waals surface area contributed by atoms with Crippen LogP contribution in [0.3, 0.4) is 0 Å². The van der Waals surface area contributed by atoms with Crippen molar-refractivity contribution in [3.8, 4) is 17.1 Å². The molecule has 7 heteroatoms. The summed E-state index contributed by atoms with van der Waals surface area (Å²) in [6, 6.07) is 17.4. The summed E-state index contributed by atoms with van der Waals surface area (Å²) in [5, 5.41) is 11.3. The maximum Gasteiger partial charge on any atom is 0.256 e. The fraction of sp³-hybridized carbons (Fsp3) is 0.217. The number of nitrogens with one attached hydrogen (secondary N) is 2. The molecule has 0 aliphatic rings. The van der Waals surface area contributed by atoms with Crippen LogP contribution in [0, 0.1) is 0 Å². The predicted octanol–water partition coefficient (Wildman–Crippen LogP) is 4.38. The third-order valence-electron chi connectivity index (χ3n) is 5.17. The van der Waals surface area contributed by atoms with Gasteiger partial charge in [0.05, 0.1) is 24.0 Å². The maximum atomic E-state index is 12.6. The van der Waals surface area contributed by atoms with Gasteiger partial charge in [0.25, 0.3) is 5.91 Å². The van der Waals surface area contributed by atoms with E-state index in [1.165, 1.54) is 0 Å². The van der Waals surface area contributed by atoms with Gasteiger partial charge in [-0.25, -0.2) is 0 Å². The van der Waals surface area contributed by atoms with Gasteiger partial charge in [0, 0.05) is 49.4 Å². The Kier molecular flexibility index (Phi) is 5.18. The van der Waals surface area contributed by atoms with Crippen molar-refractivity contribution in [2.75, 3.05) is 31.4 Å². The third kappa shape index (κ3) is 3.61. The average molecular weight is 403 g/mol. The molecule has 1 amide bonds. The van der Waals surface area contributed by atoms with Gasteiger partial charge >= 0.3 is 0 Å². The largest absolute Gasteiger partial charge is 0.497 e. The Balaban J connectivity index is 1.59. The lowest BCUT2D eigenvalue weighted by molar-refractivity contribution is 0.102. The molecule has 0 aliphatic carbocycles. The number of benzene rings is 2. The Bertz CT molecular complexity index is 1190. The molecule has 154 valence electrons. The Morgan fingerprint density at radius 2 is 1.90 bits per heavy atom. The molecule has 4 rings (SSSR count). The second kappa shape index (κ2) is 7.94. The summed E-state index contributed by atoms with van der Waals surface area (Å²) in [6.45, 7) is 2.89. The van der Waals surface area contributed by atoms with Crippen LogP contribution in [0.15, 0.2) is 54.6 Å². The molecule has 0 radical (unpaired) electrons. The number of hydrogen-bond acceptors (Lipinski definition) is 4. The molecular formula is C23H25N5O2. The molecule has 30 heavy (non-hydrogen) atoms. The molecule has 2 N–H and O–H groups in total. The van der Waals surface area contributed by atoms with Crippen LogP contribution in [0.25, 0.3) is 22.3 Å². The van der Waals surface area contributed by atoms with Crippen LogP contribution in [-0.4, -0.2) is 41.9 Å². The van der Waals surface area contributed by atoms with Crippen molar-refractivity contribution in [2.45, 2.75) is 13.5 Å². The molecule has 0 saturated heterocycles. The molecule has 4 aromatic rings. The number of methoxy groups -OCH3 is 1. The van der Waals surface area contributed by atoms with Crippen molar-refractivity contribution >= 4 is 28.3 Å². The first-order valence-electron chi connectivity index (χ1n) is 9.82. The van der Waals surface area contributed by atoms with E-state index in [1.807, 2.05) is 55.4 Å². The second-order valence-electron chi connectivity index (χ2n) is 7.26. The first-order valence-corrected chi connectivity index (χ1v) is 9.82. The van der Waals surface area contributed by atoms with Crippen LogP contribution in [-0.2, 0) is 6.54 Å². The van der Waals surface area contributed by atoms with E-state index in [2.05, 4.69) is 33.1 Å². The van der Waals surface area contributed by atoms with E-state index in [9.17, 15) is 4.79 Å². The van der Waals surface area contributed by atoms with E-state index in [-0.39, 0.29) is 5.91 Å². The molecular weight excluding hydrogens is 378 g/mol. The molecule has 2 heterocycles. The number of hydrogen-bond donors (Lipinski definition) is 2. The Morgan fingerprint density at radius 3 is 2.57 bits per heavy atom. The zero-order chi connectivity index (χ0) is 21.3. The fourth-order valence-electron chi connectivity index (χ4n) is 3.54. The lowest BCUT2D eigenvalue weighted by Crippen LogP contribution is -2.13. The zero-order valence-electron chi connectivity index (χ0n) is 17.6. The molecule has 0 saturated carbocycles. The molecule has 0 atom stereocenters. The lowest BCUT2D eigenvalue weighted by Gasteiger charge is -2.12. The van der Waals surface area contributed by atoms with E-state index in [0.717, 1.165) is 40.3 Å². The van der Waals surface area contributed by atoms with E-state index in [1.54, 1.807) is 19.2 Å².